The summed E-state index contributed by atoms with van der Waals surface area (Å²) in [6, 6.07) is 15.1. The molecule has 0 aliphatic rings. The number of nitrogens with zero attached hydrogens (tertiary/aromatic N) is 2. The van der Waals surface area contributed by atoms with Crippen molar-refractivity contribution in [2.45, 2.75) is 0 Å². The SMILES string of the molecule is Brc1cc(Br)c(-n2ccnc2-c2[c-]cccc2)c(Br)c1.[Ir]. The second-order valence-corrected chi connectivity index (χ2v) is 6.74. The van der Waals surface area contributed by atoms with Gasteiger partial charge in [-0.25, -0.2) is 0 Å². The minimum absolute atomic E-state index is 0. The Balaban J connectivity index is 0.00000161. The molecule has 21 heavy (non-hydrogen) atoms. The van der Waals surface area contributed by atoms with E-state index in [1.54, 1.807) is 6.20 Å². The molecule has 0 aliphatic carbocycles. The summed E-state index contributed by atoms with van der Waals surface area (Å²) < 4.78 is 5.00. The van der Waals surface area contributed by atoms with Crippen LogP contribution in [0.15, 0.2) is 62.2 Å². The van der Waals surface area contributed by atoms with E-state index in [4.69, 9.17) is 0 Å². The van der Waals surface area contributed by atoms with Gasteiger partial charge in [-0.2, -0.15) is 0 Å². The van der Waals surface area contributed by atoms with Gasteiger partial charge in [0.25, 0.3) is 0 Å². The molecule has 2 nitrogen and oxygen atoms in total. The average molecular weight is 648 g/mol. The van der Waals surface area contributed by atoms with E-state index in [9.17, 15) is 0 Å². The number of benzene rings is 2. The monoisotopic (exact) mass is 646 g/mol. The summed E-state index contributed by atoms with van der Waals surface area (Å²) in [6.07, 6.45) is 3.73. The van der Waals surface area contributed by atoms with E-state index < -0.39 is 0 Å². The Labute approximate surface area is 161 Å². The molecule has 0 saturated heterocycles. The zero-order chi connectivity index (χ0) is 14.1. The van der Waals surface area contributed by atoms with Crippen molar-refractivity contribution in [1.29, 1.82) is 0 Å². The van der Waals surface area contributed by atoms with Crippen molar-refractivity contribution in [3.05, 3.63) is 68.3 Å². The maximum absolute atomic E-state index is 4.45. The molecular formula is C15H8Br3IrN2-. The number of hydrogen-bond donors (Lipinski definition) is 0. The van der Waals surface area contributed by atoms with Crippen LogP contribution in [0.1, 0.15) is 0 Å². The quantitative estimate of drug-likeness (QED) is 0.330. The molecule has 0 N–H and O–H groups in total. The largest absolute Gasteiger partial charge is 0.338 e. The van der Waals surface area contributed by atoms with E-state index in [-0.39, 0.29) is 20.1 Å². The van der Waals surface area contributed by atoms with E-state index in [1.165, 1.54) is 0 Å². The minimum Gasteiger partial charge on any atom is -0.338 e. The summed E-state index contributed by atoms with van der Waals surface area (Å²) in [6.45, 7) is 0. The maximum atomic E-state index is 4.45. The molecule has 6 heteroatoms. The molecule has 3 rings (SSSR count). The van der Waals surface area contributed by atoms with Crippen LogP contribution in [-0.4, -0.2) is 9.55 Å². The van der Waals surface area contributed by atoms with Crippen molar-refractivity contribution in [2.75, 3.05) is 0 Å². The molecule has 0 unspecified atom stereocenters. The van der Waals surface area contributed by atoms with Crippen LogP contribution in [0.2, 0.25) is 0 Å². The summed E-state index contributed by atoms with van der Waals surface area (Å²) >= 11 is 10.7. The molecule has 109 valence electrons. The van der Waals surface area contributed by atoms with Gasteiger partial charge in [0.15, 0.2) is 0 Å². The van der Waals surface area contributed by atoms with E-state index in [0.29, 0.717) is 0 Å². The fraction of sp³-hybridized carbons (Fsp3) is 0. The molecule has 0 amide bonds. The standard InChI is InChI=1S/C15H8Br3N2.Ir/c16-11-8-12(17)14(13(18)9-11)20-7-6-19-15(20)10-4-2-1-3-5-10;/h1-4,6-9H;/q-1;. The summed E-state index contributed by atoms with van der Waals surface area (Å²) in [4.78, 5) is 4.45. The summed E-state index contributed by atoms with van der Waals surface area (Å²) in [5.74, 6) is 0.856. The van der Waals surface area contributed by atoms with Crippen LogP contribution >= 0.6 is 47.8 Å². The Hall–Kier alpha value is -0.261. The Morgan fingerprint density at radius 3 is 2.38 bits per heavy atom. The molecule has 3 aromatic rings. The topological polar surface area (TPSA) is 17.8 Å². The zero-order valence-corrected chi connectivity index (χ0v) is 17.6. The van der Waals surface area contributed by atoms with E-state index >= 15 is 0 Å². The first-order valence-electron chi connectivity index (χ1n) is 5.82. The number of imidazole rings is 1. The first-order chi connectivity index (χ1) is 9.66. The number of halogens is 3. The third-order valence-electron chi connectivity index (χ3n) is 2.81. The van der Waals surface area contributed by atoms with Crippen LogP contribution in [0.4, 0.5) is 0 Å². The van der Waals surface area contributed by atoms with Gasteiger partial charge in [-0.05, 0) is 44.0 Å². The third kappa shape index (κ3) is 3.57. The predicted octanol–water partition coefficient (Wildman–Crippen LogP) is 5.62. The third-order valence-corrected chi connectivity index (χ3v) is 4.48. The van der Waals surface area contributed by atoms with Crippen molar-refractivity contribution >= 4 is 47.8 Å². The molecule has 1 radical (unpaired) electrons. The normalized spacial score (nSPS) is 10.2. The zero-order valence-electron chi connectivity index (χ0n) is 10.5. The average Bonchev–Trinajstić information content (AvgIpc) is 2.87. The molecule has 0 bridgehead atoms. The maximum Gasteiger partial charge on any atom is 0.0669 e. The van der Waals surface area contributed by atoms with E-state index in [0.717, 1.165) is 30.5 Å². The van der Waals surface area contributed by atoms with Crippen LogP contribution in [0.3, 0.4) is 0 Å². The van der Waals surface area contributed by atoms with Gasteiger partial charge in [-0.3, -0.25) is 4.98 Å². The van der Waals surface area contributed by atoms with Crippen LogP contribution in [-0.2, 0) is 20.1 Å². The number of aromatic nitrogens is 2. The summed E-state index contributed by atoms with van der Waals surface area (Å²) in [5, 5.41) is 0. The Morgan fingerprint density at radius 2 is 1.76 bits per heavy atom. The van der Waals surface area contributed by atoms with Gasteiger partial charge in [0.1, 0.15) is 0 Å². The first kappa shape index (κ1) is 17.1. The van der Waals surface area contributed by atoms with Crippen molar-refractivity contribution in [3.63, 3.8) is 0 Å². The van der Waals surface area contributed by atoms with Gasteiger partial charge in [0.2, 0.25) is 0 Å². The molecule has 2 aromatic carbocycles. The summed E-state index contributed by atoms with van der Waals surface area (Å²) in [7, 11) is 0. The number of rotatable bonds is 2. The van der Waals surface area contributed by atoms with Crippen LogP contribution in [0.5, 0.6) is 0 Å². The van der Waals surface area contributed by atoms with Crippen LogP contribution < -0.4 is 0 Å². The molecule has 1 aromatic heterocycles. The van der Waals surface area contributed by atoms with Gasteiger partial charge < -0.3 is 4.57 Å². The van der Waals surface area contributed by atoms with Gasteiger partial charge in [-0.15, -0.1) is 35.9 Å². The molecule has 0 spiro atoms. The Kier molecular flexibility index (Phi) is 5.97. The Morgan fingerprint density at radius 1 is 1.05 bits per heavy atom. The minimum atomic E-state index is 0. The fourth-order valence-electron chi connectivity index (χ4n) is 1.98. The molecule has 0 aliphatic heterocycles. The van der Waals surface area contributed by atoms with Gasteiger partial charge in [-0.1, -0.05) is 15.9 Å². The van der Waals surface area contributed by atoms with Crippen molar-refractivity contribution < 1.29 is 20.1 Å². The van der Waals surface area contributed by atoms with Gasteiger partial charge in [0.05, 0.1) is 11.5 Å². The molecular weight excluding hydrogens is 640 g/mol. The van der Waals surface area contributed by atoms with Gasteiger partial charge in [0, 0.05) is 45.9 Å². The van der Waals surface area contributed by atoms with E-state index in [2.05, 4.69) is 58.8 Å². The van der Waals surface area contributed by atoms with E-state index in [1.807, 2.05) is 47.2 Å². The van der Waals surface area contributed by atoms with Crippen LogP contribution in [0.25, 0.3) is 17.1 Å². The fourth-order valence-corrected chi connectivity index (χ4v) is 4.62. The first-order valence-corrected chi connectivity index (χ1v) is 8.20. The van der Waals surface area contributed by atoms with Crippen LogP contribution in [0, 0.1) is 6.07 Å². The van der Waals surface area contributed by atoms with Crippen molar-refractivity contribution in [1.82, 2.24) is 9.55 Å². The predicted molar refractivity (Wildman–Crippen MR) is 90.9 cm³/mol. The molecule has 0 saturated carbocycles. The smallest absolute Gasteiger partial charge is 0.0669 e. The van der Waals surface area contributed by atoms with Crippen molar-refractivity contribution in [2.24, 2.45) is 0 Å². The molecule has 0 atom stereocenters. The van der Waals surface area contributed by atoms with Gasteiger partial charge >= 0.3 is 0 Å². The number of hydrogen-bond acceptors (Lipinski definition) is 1. The second-order valence-electron chi connectivity index (χ2n) is 4.12. The molecule has 1 heterocycles. The summed E-state index contributed by atoms with van der Waals surface area (Å²) in [5.41, 5.74) is 1.97. The molecule has 0 fully saturated rings. The van der Waals surface area contributed by atoms with Crippen molar-refractivity contribution in [3.8, 4) is 17.1 Å². The Bertz CT molecular complexity index is 734. The second kappa shape index (κ2) is 7.34.